The minimum atomic E-state index is 0.435. The van der Waals surface area contributed by atoms with E-state index in [-0.39, 0.29) is 0 Å². The Labute approximate surface area is 129 Å². The highest BCUT2D eigenvalue weighted by atomic mass is 127. The van der Waals surface area contributed by atoms with Gasteiger partial charge in [0.2, 0.25) is 0 Å². The molecule has 2 aromatic carbocycles. The standard InChI is InChI=1S/C13H7Cl2IN2/c14-8-4-5-13(11(16)6-8)18-12-3-1-2-10(15)9(12)7-17/h1-6,18H. The van der Waals surface area contributed by atoms with E-state index in [9.17, 15) is 0 Å². The Morgan fingerprint density at radius 3 is 2.56 bits per heavy atom. The monoisotopic (exact) mass is 388 g/mol. The summed E-state index contributed by atoms with van der Waals surface area (Å²) < 4.78 is 0.976. The second-order valence-corrected chi connectivity index (χ2v) is 5.53. The number of nitriles is 1. The van der Waals surface area contributed by atoms with Crippen molar-refractivity contribution in [2.75, 3.05) is 5.32 Å². The molecule has 2 aromatic rings. The Bertz CT molecular complexity index is 635. The van der Waals surface area contributed by atoms with E-state index in [4.69, 9.17) is 28.5 Å². The molecule has 0 saturated carbocycles. The molecule has 2 nitrogen and oxygen atoms in total. The smallest absolute Gasteiger partial charge is 0.103 e. The van der Waals surface area contributed by atoms with Gasteiger partial charge < -0.3 is 5.32 Å². The van der Waals surface area contributed by atoms with Gasteiger partial charge in [0, 0.05) is 8.59 Å². The first-order chi connectivity index (χ1) is 8.61. The molecule has 2 rings (SSSR count). The van der Waals surface area contributed by atoms with Crippen LogP contribution in [0.1, 0.15) is 5.56 Å². The fraction of sp³-hybridized carbons (Fsp3) is 0. The van der Waals surface area contributed by atoms with Gasteiger partial charge in [0.1, 0.15) is 6.07 Å². The van der Waals surface area contributed by atoms with Crippen LogP contribution in [-0.4, -0.2) is 0 Å². The van der Waals surface area contributed by atoms with Gasteiger partial charge in [-0.25, -0.2) is 0 Å². The molecule has 0 bridgehead atoms. The fourth-order valence-electron chi connectivity index (χ4n) is 1.48. The lowest BCUT2D eigenvalue weighted by molar-refractivity contribution is 1.45. The van der Waals surface area contributed by atoms with Crippen molar-refractivity contribution in [3.63, 3.8) is 0 Å². The van der Waals surface area contributed by atoms with E-state index >= 15 is 0 Å². The summed E-state index contributed by atoms with van der Waals surface area (Å²) in [5.41, 5.74) is 2.01. The molecule has 0 saturated heterocycles. The lowest BCUT2D eigenvalue weighted by atomic mass is 10.2. The number of nitrogens with zero attached hydrogens (tertiary/aromatic N) is 1. The molecule has 5 heteroatoms. The van der Waals surface area contributed by atoms with Gasteiger partial charge >= 0.3 is 0 Å². The van der Waals surface area contributed by atoms with E-state index in [0.29, 0.717) is 21.3 Å². The summed E-state index contributed by atoms with van der Waals surface area (Å²) in [6.07, 6.45) is 0. The molecule has 0 amide bonds. The van der Waals surface area contributed by atoms with E-state index < -0.39 is 0 Å². The predicted octanol–water partition coefficient (Wildman–Crippen LogP) is 5.21. The molecule has 0 fully saturated rings. The van der Waals surface area contributed by atoms with E-state index in [1.165, 1.54) is 0 Å². The lowest BCUT2D eigenvalue weighted by Crippen LogP contribution is -1.96. The van der Waals surface area contributed by atoms with Crippen molar-refractivity contribution in [2.24, 2.45) is 0 Å². The maximum Gasteiger partial charge on any atom is 0.103 e. The van der Waals surface area contributed by atoms with Crippen LogP contribution in [0, 0.1) is 14.9 Å². The van der Waals surface area contributed by atoms with Crippen molar-refractivity contribution in [3.8, 4) is 6.07 Å². The number of hydrogen-bond acceptors (Lipinski definition) is 2. The molecular weight excluding hydrogens is 382 g/mol. The third-order valence-electron chi connectivity index (χ3n) is 2.33. The molecule has 90 valence electrons. The summed E-state index contributed by atoms with van der Waals surface area (Å²) in [5.74, 6) is 0. The van der Waals surface area contributed by atoms with Crippen LogP contribution in [-0.2, 0) is 0 Å². The van der Waals surface area contributed by atoms with E-state index in [2.05, 4.69) is 34.0 Å². The number of rotatable bonds is 2. The Kier molecular flexibility index (Phi) is 4.33. The number of benzene rings is 2. The lowest BCUT2D eigenvalue weighted by Gasteiger charge is -2.11. The minimum absolute atomic E-state index is 0.435. The maximum absolute atomic E-state index is 9.09. The zero-order valence-corrected chi connectivity index (χ0v) is 12.7. The third kappa shape index (κ3) is 2.89. The average Bonchev–Trinajstić information content (AvgIpc) is 2.33. The summed E-state index contributed by atoms with van der Waals surface area (Å²) in [6.45, 7) is 0. The highest BCUT2D eigenvalue weighted by molar-refractivity contribution is 14.1. The quantitative estimate of drug-likeness (QED) is 0.716. The van der Waals surface area contributed by atoms with Gasteiger partial charge in [0.15, 0.2) is 0 Å². The van der Waals surface area contributed by atoms with Crippen LogP contribution in [0.4, 0.5) is 11.4 Å². The van der Waals surface area contributed by atoms with Gasteiger partial charge in [-0.05, 0) is 52.9 Å². The number of nitrogens with one attached hydrogen (secondary N) is 1. The first-order valence-corrected chi connectivity index (χ1v) is 6.86. The highest BCUT2D eigenvalue weighted by Gasteiger charge is 2.08. The fourth-order valence-corrected chi connectivity index (χ4v) is 2.70. The summed E-state index contributed by atoms with van der Waals surface area (Å²) in [5, 5.41) is 13.4. The molecule has 18 heavy (non-hydrogen) atoms. The van der Waals surface area contributed by atoms with Crippen LogP contribution in [0.2, 0.25) is 10.0 Å². The number of halogens is 3. The summed E-state index contributed by atoms with van der Waals surface area (Å²) in [7, 11) is 0. The Morgan fingerprint density at radius 2 is 1.89 bits per heavy atom. The Balaban J connectivity index is 2.41. The van der Waals surface area contributed by atoms with Crippen molar-refractivity contribution in [2.45, 2.75) is 0 Å². The van der Waals surface area contributed by atoms with Crippen LogP contribution < -0.4 is 5.32 Å². The second kappa shape index (κ2) is 5.79. The van der Waals surface area contributed by atoms with Crippen molar-refractivity contribution in [1.29, 1.82) is 5.26 Å². The molecule has 0 radical (unpaired) electrons. The number of hydrogen-bond donors (Lipinski definition) is 1. The molecule has 0 spiro atoms. The average molecular weight is 389 g/mol. The van der Waals surface area contributed by atoms with Crippen LogP contribution in [0.5, 0.6) is 0 Å². The molecule has 0 aliphatic carbocycles. The van der Waals surface area contributed by atoms with Gasteiger partial charge in [-0.1, -0.05) is 29.3 Å². The Morgan fingerprint density at radius 1 is 1.11 bits per heavy atom. The van der Waals surface area contributed by atoms with Crippen LogP contribution in [0.3, 0.4) is 0 Å². The van der Waals surface area contributed by atoms with Crippen LogP contribution in [0.15, 0.2) is 36.4 Å². The maximum atomic E-state index is 9.09. The Hall–Kier alpha value is -0.960. The highest BCUT2D eigenvalue weighted by Crippen LogP contribution is 2.29. The van der Waals surface area contributed by atoms with E-state index in [1.54, 1.807) is 18.2 Å². The second-order valence-electron chi connectivity index (χ2n) is 3.52. The minimum Gasteiger partial charge on any atom is -0.354 e. The zero-order valence-electron chi connectivity index (χ0n) is 9.05. The summed E-state index contributed by atoms with van der Waals surface area (Å²) >= 11 is 14.1. The van der Waals surface area contributed by atoms with Gasteiger partial charge in [-0.15, -0.1) is 0 Å². The van der Waals surface area contributed by atoms with Gasteiger partial charge in [0.05, 0.1) is 22.0 Å². The van der Waals surface area contributed by atoms with Gasteiger partial charge in [-0.2, -0.15) is 5.26 Å². The predicted molar refractivity (Wildman–Crippen MR) is 83.6 cm³/mol. The topological polar surface area (TPSA) is 35.8 Å². The molecule has 0 aliphatic heterocycles. The molecule has 0 atom stereocenters. The third-order valence-corrected chi connectivity index (χ3v) is 3.77. The normalized spacial score (nSPS) is 9.89. The molecule has 0 aromatic heterocycles. The number of anilines is 2. The van der Waals surface area contributed by atoms with Crippen molar-refractivity contribution >= 4 is 57.2 Å². The van der Waals surface area contributed by atoms with E-state index in [1.807, 2.05) is 18.2 Å². The van der Waals surface area contributed by atoms with Crippen LogP contribution >= 0.6 is 45.8 Å². The van der Waals surface area contributed by atoms with Gasteiger partial charge in [0.25, 0.3) is 0 Å². The first kappa shape index (κ1) is 13.5. The molecular formula is C13H7Cl2IN2. The SMILES string of the molecule is N#Cc1c(Cl)cccc1Nc1ccc(Cl)cc1I. The summed E-state index contributed by atoms with van der Waals surface area (Å²) in [4.78, 5) is 0. The zero-order chi connectivity index (χ0) is 13.1. The van der Waals surface area contributed by atoms with Gasteiger partial charge in [-0.3, -0.25) is 0 Å². The van der Waals surface area contributed by atoms with E-state index in [0.717, 1.165) is 9.26 Å². The largest absolute Gasteiger partial charge is 0.354 e. The van der Waals surface area contributed by atoms with Crippen molar-refractivity contribution < 1.29 is 0 Å². The van der Waals surface area contributed by atoms with Crippen molar-refractivity contribution in [1.82, 2.24) is 0 Å². The molecule has 1 N–H and O–H groups in total. The first-order valence-electron chi connectivity index (χ1n) is 5.02. The van der Waals surface area contributed by atoms with Crippen molar-refractivity contribution in [3.05, 3.63) is 55.6 Å². The molecule has 0 heterocycles. The summed E-state index contributed by atoms with van der Waals surface area (Å²) in [6, 6.07) is 12.9. The molecule has 0 aliphatic rings. The van der Waals surface area contributed by atoms with Crippen LogP contribution in [0.25, 0.3) is 0 Å². The molecule has 0 unspecified atom stereocenters.